The van der Waals surface area contributed by atoms with Gasteiger partial charge in [-0.15, -0.1) is 0 Å². The van der Waals surface area contributed by atoms with E-state index in [4.69, 9.17) is 0 Å². The monoisotopic (exact) mass is 314 g/mol. The van der Waals surface area contributed by atoms with Gasteiger partial charge in [0.15, 0.2) is 0 Å². The van der Waals surface area contributed by atoms with Crippen molar-refractivity contribution in [3.05, 3.63) is 107 Å². The molecule has 0 N–H and O–H groups in total. The first-order valence-electron chi connectivity index (χ1n) is 7.35. The fourth-order valence-corrected chi connectivity index (χ4v) is 2.06. The van der Waals surface area contributed by atoms with Gasteiger partial charge < -0.3 is 0 Å². The zero-order valence-electron chi connectivity index (χ0n) is 12.7. The highest BCUT2D eigenvalue weighted by Crippen LogP contribution is 2.14. The molecule has 114 valence electrons. The molecule has 2 heteroatoms. The zero-order valence-corrected chi connectivity index (χ0v) is 12.7. The average molecular weight is 314 g/mol. The Balaban J connectivity index is 1.90. The van der Waals surface area contributed by atoms with E-state index in [9.17, 15) is 8.78 Å². The fourth-order valence-electron chi connectivity index (χ4n) is 2.06. The highest BCUT2D eigenvalue weighted by Gasteiger charge is 2.07. The predicted octanol–water partition coefficient (Wildman–Crippen LogP) is 4.76. The summed E-state index contributed by atoms with van der Waals surface area (Å²) in [6.07, 6.45) is 0. The average Bonchev–Trinajstić information content (AvgIpc) is 2.62. The van der Waals surface area contributed by atoms with Gasteiger partial charge >= 0.3 is 0 Å². The van der Waals surface area contributed by atoms with Crippen molar-refractivity contribution in [1.29, 1.82) is 0 Å². The van der Waals surface area contributed by atoms with E-state index in [1.807, 2.05) is 36.4 Å². The molecule has 3 aromatic carbocycles. The van der Waals surface area contributed by atoms with Crippen LogP contribution in [0.5, 0.6) is 0 Å². The summed E-state index contributed by atoms with van der Waals surface area (Å²) in [5.74, 6) is 9.77. The molecule has 0 bridgehead atoms. The lowest BCUT2D eigenvalue weighted by Gasteiger charge is -1.98. The van der Waals surface area contributed by atoms with Gasteiger partial charge in [0.25, 0.3) is 0 Å². The van der Waals surface area contributed by atoms with Crippen LogP contribution in [0.2, 0.25) is 0 Å². The Labute approximate surface area is 139 Å². The van der Waals surface area contributed by atoms with Crippen LogP contribution in [0.25, 0.3) is 0 Å². The molecule has 0 atom stereocenters. The minimum atomic E-state index is -0.586. The van der Waals surface area contributed by atoms with Crippen molar-refractivity contribution >= 4 is 0 Å². The van der Waals surface area contributed by atoms with Crippen molar-refractivity contribution in [3.8, 4) is 23.7 Å². The van der Waals surface area contributed by atoms with Gasteiger partial charge in [-0.3, -0.25) is 0 Å². The summed E-state index contributed by atoms with van der Waals surface area (Å²) in [4.78, 5) is 0. The molecule has 0 fully saturated rings. The van der Waals surface area contributed by atoms with Gasteiger partial charge in [0.2, 0.25) is 0 Å². The van der Waals surface area contributed by atoms with Gasteiger partial charge in [-0.1, -0.05) is 60.1 Å². The Kier molecular flexibility index (Phi) is 4.70. The van der Waals surface area contributed by atoms with E-state index in [1.54, 1.807) is 24.3 Å². The summed E-state index contributed by atoms with van der Waals surface area (Å²) in [5, 5.41) is 0. The van der Waals surface area contributed by atoms with Gasteiger partial charge in [0, 0.05) is 11.1 Å². The van der Waals surface area contributed by atoms with Crippen LogP contribution in [0.4, 0.5) is 8.78 Å². The van der Waals surface area contributed by atoms with E-state index in [1.165, 1.54) is 0 Å². The maximum absolute atomic E-state index is 14.1. The predicted molar refractivity (Wildman–Crippen MR) is 91.2 cm³/mol. The molecule has 0 nitrogen and oxygen atoms in total. The van der Waals surface area contributed by atoms with E-state index >= 15 is 0 Å². The number of rotatable bonds is 0. The normalized spacial score (nSPS) is 9.42. The molecule has 0 aliphatic carbocycles. The van der Waals surface area contributed by atoms with Crippen molar-refractivity contribution < 1.29 is 8.78 Å². The summed E-state index contributed by atoms with van der Waals surface area (Å²) in [6, 6.07) is 20.5. The minimum absolute atomic E-state index is 0.0154. The van der Waals surface area contributed by atoms with E-state index in [0.717, 1.165) is 23.3 Å². The molecular weight excluding hydrogens is 302 g/mol. The molecule has 0 aliphatic rings. The zero-order chi connectivity index (χ0) is 16.8. The first kappa shape index (κ1) is 15.5. The van der Waals surface area contributed by atoms with E-state index in [2.05, 4.69) is 23.7 Å². The lowest BCUT2D eigenvalue weighted by atomic mass is 10.1. The Morgan fingerprint density at radius 2 is 0.875 bits per heavy atom. The Morgan fingerprint density at radius 3 is 1.25 bits per heavy atom. The number of benzene rings is 3. The van der Waals surface area contributed by atoms with Crippen molar-refractivity contribution in [2.75, 3.05) is 0 Å². The molecular formula is C22H12F2. The Hall–Kier alpha value is -3.36. The summed E-state index contributed by atoms with van der Waals surface area (Å²) in [7, 11) is 0. The van der Waals surface area contributed by atoms with Crippen molar-refractivity contribution in [1.82, 2.24) is 0 Å². The van der Waals surface area contributed by atoms with E-state index in [-0.39, 0.29) is 11.1 Å². The second kappa shape index (κ2) is 7.27. The third kappa shape index (κ3) is 3.88. The maximum Gasteiger partial charge on any atom is 0.140 e. The second-order valence-corrected chi connectivity index (χ2v) is 5.04. The van der Waals surface area contributed by atoms with Crippen LogP contribution in [-0.2, 0) is 0 Å². The SMILES string of the molecule is Fc1cc(C#Cc2ccccc2)c(F)cc1C#Cc1ccccc1. The highest BCUT2D eigenvalue weighted by molar-refractivity contribution is 5.49. The lowest BCUT2D eigenvalue weighted by molar-refractivity contribution is 0.594. The largest absolute Gasteiger partial charge is 0.206 e. The summed E-state index contributed by atoms with van der Waals surface area (Å²) < 4.78 is 28.2. The first-order chi connectivity index (χ1) is 11.7. The summed E-state index contributed by atoms with van der Waals surface area (Å²) in [6.45, 7) is 0. The molecule has 0 aliphatic heterocycles. The maximum atomic E-state index is 14.1. The molecule has 0 radical (unpaired) electrons. The van der Waals surface area contributed by atoms with Gasteiger partial charge in [-0.2, -0.15) is 0 Å². The molecule has 0 unspecified atom stereocenters. The van der Waals surface area contributed by atoms with Crippen LogP contribution in [-0.4, -0.2) is 0 Å². The molecule has 0 heterocycles. The molecule has 0 aromatic heterocycles. The number of hydrogen-bond acceptors (Lipinski definition) is 0. The lowest BCUT2D eigenvalue weighted by Crippen LogP contribution is -1.91. The highest BCUT2D eigenvalue weighted by atomic mass is 19.1. The van der Waals surface area contributed by atoms with Crippen LogP contribution in [0.1, 0.15) is 22.3 Å². The standard InChI is InChI=1S/C22H12F2/c23-21-16-20(14-12-18-9-5-2-6-10-18)22(24)15-19(21)13-11-17-7-3-1-4-8-17/h1-10,15-16H. The van der Waals surface area contributed by atoms with Gasteiger partial charge in [-0.25, -0.2) is 8.78 Å². The molecule has 3 aromatic rings. The van der Waals surface area contributed by atoms with Crippen molar-refractivity contribution in [2.24, 2.45) is 0 Å². The number of halogens is 2. The summed E-state index contributed by atoms with van der Waals surface area (Å²) >= 11 is 0. The molecule has 0 saturated heterocycles. The summed E-state index contributed by atoms with van der Waals surface area (Å²) in [5.41, 5.74) is 1.51. The number of hydrogen-bond donors (Lipinski definition) is 0. The molecule has 3 rings (SSSR count). The van der Waals surface area contributed by atoms with Crippen molar-refractivity contribution in [2.45, 2.75) is 0 Å². The molecule has 0 saturated carbocycles. The molecule has 24 heavy (non-hydrogen) atoms. The van der Waals surface area contributed by atoms with E-state index < -0.39 is 11.6 Å². The van der Waals surface area contributed by atoms with Crippen LogP contribution in [0.3, 0.4) is 0 Å². The van der Waals surface area contributed by atoms with Gasteiger partial charge in [0.1, 0.15) is 11.6 Å². The fraction of sp³-hybridized carbons (Fsp3) is 0. The second-order valence-electron chi connectivity index (χ2n) is 5.04. The van der Waals surface area contributed by atoms with Crippen molar-refractivity contribution in [3.63, 3.8) is 0 Å². The molecule has 0 spiro atoms. The smallest absolute Gasteiger partial charge is 0.140 e. The van der Waals surface area contributed by atoms with Crippen LogP contribution < -0.4 is 0 Å². The third-order valence-corrected chi connectivity index (χ3v) is 3.29. The Bertz CT molecular complexity index is 883. The van der Waals surface area contributed by atoms with E-state index in [0.29, 0.717) is 0 Å². The minimum Gasteiger partial charge on any atom is -0.206 e. The van der Waals surface area contributed by atoms with Gasteiger partial charge in [-0.05, 0) is 36.4 Å². The molecule has 0 amide bonds. The van der Waals surface area contributed by atoms with Crippen LogP contribution >= 0.6 is 0 Å². The van der Waals surface area contributed by atoms with Gasteiger partial charge in [0.05, 0.1) is 11.1 Å². The van der Waals surface area contributed by atoms with Crippen LogP contribution in [0.15, 0.2) is 72.8 Å². The topological polar surface area (TPSA) is 0 Å². The first-order valence-corrected chi connectivity index (χ1v) is 7.35. The third-order valence-electron chi connectivity index (χ3n) is 3.29. The Morgan fingerprint density at radius 1 is 0.500 bits per heavy atom. The quantitative estimate of drug-likeness (QED) is 0.525. The van der Waals surface area contributed by atoms with Crippen LogP contribution in [0, 0.1) is 35.3 Å².